The van der Waals surface area contributed by atoms with Gasteiger partial charge in [-0.15, -0.1) is 0 Å². The average Bonchev–Trinajstić information content (AvgIpc) is 2.98. The molecule has 29 heavy (non-hydrogen) atoms. The molecule has 0 aliphatic carbocycles. The number of benzene rings is 2. The van der Waals surface area contributed by atoms with Crippen molar-refractivity contribution < 1.29 is 14.3 Å². The van der Waals surface area contributed by atoms with Crippen LogP contribution < -0.4 is 5.32 Å². The van der Waals surface area contributed by atoms with Gasteiger partial charge in [0.15, 0.2) is 6.10 Å². The second-order valence-electron chi connectivity index (χ2n) is 7.15. The lowest BCUT2D eigenvalue weighted by Crippen LogP contribution is -2.30. The summed E-state index contributed by atoms with van der Waals surface area (Å²) in [6, 6.07) is 15.3. The number of nitrogens with zero attached hydrogens (tertiary/aromatic N) is 2. The van der Waals surface area contributed by atoms with Crippen LogP contribution in [0.4, 0.5) is 5.69 Å². The molecule has 1 aromatic heterocycles. The zero-order valence-corrected chi connectivity index (χ0v) is 17.3. The third kappa shape index (κ3) is 4.37. The van der Waals surface area contributed by atoms with Crippen LogP contribution in [0.15, 0.2) is 48.5 Å². The van der Waals surface area contributed by atoms with Crippen molar-refractivity contribution in [3.05, 3.63) is 76.6 Å². The van der Waals surface area contributed by atoms with E-state index in [9.17, 15) is 9.59 Å². The lowest BCUT2D eigenvalue weighted by atomic mass is 10.1. The van der Waals surface area contributed by atoms with Crippen molar-refractivity contribution in [3.63, 3.8) is 0 Å². The Morgan fingerprint density at radius 2 is 1.72 bits per heavy atom. The fourth-order valence-electron chi connectivity index (χ4n) is 3.22. The summed E-state index contributed by atoms with van der Waals surface area (Å²) in [4.78, 5) is 25.3. The van der Waals surface area contributed by atoms with Gasteiger partial charge in [-0.3, -0.25) is 4.79 Å². The molecule has 0 saturated heterocycles. The Labute approximate surface area is 170 Å². The molecule has 0 saturated carbocycles. The first kappa shape index (κ1) is 20.3. The van der Waals surface area contributed by atoms with E-state index in [1.807, 2.05) is 69.3 Å². The maximum atomic E-state index is 12.8. The Kier molecular flexibility index (Phi) is 5.82. The van der Waals surface area contributed by atoms with Gasteiger partial charge in [0.1, 0.15) is 5.56 Å². The Balaban J connectivity index is 1.74. The minimum absolute atomic E-state index is 0.375. The van der Waals surface area contributed by atoms with Gasteiger partial charge in [-0.1, -0.05) is 35.9 Å². The van der Waals surface area contributed by atoms with Crippen molar-refractivity contribution in [1.82, 2.24) is 9.78 Å². The Morgan fingerprint density at radius 1 is 1.03 bits per heavy atom. The van der Waals surface area contributed by atoms with Crippen molar-refractivity contribution in [3.8, 4) is 5.69 Å². The summed E-state index contributed by atoms with van der Waals surface area (Å²) >= 11 is 0. The van der Waals surface area contributed by atoms with Gasteiger partial charge in [-0.2, -0.15) is 5.10 Å². The van der Waals surface area contributed by atoms with E-state index >= 15 is 0 Å². The fraction of sp³-hybridized carbons (Fsp3) is 0.261. The quantitative estimate of drug-likeness (QED) is 0.659. The van der Waals surface area contributed by atoms with E-state index in [1.54, 1.807) is 18.5 Å². The summed E-state index contributed by atoms with van der Waals surface area (Å²) in [5.74, 6) is -0.943. The molecule has 0 fully saturated rings. The summed E-state index contributed by atoms with van der Waals surface area (Å²) in [5, 5.41) is 7.27. The minimum Gasteiger partial charge on any atom is -0.449 e. The predicted molar refractivity (Wildman–Crippen MR) is 112 cm³/mol. The monoisotopic (exact) mass is 391 g/mol. The van der Waals surface area contributed by atoms with Crippen molar-refractivity contribution in [1.29, 1.82) is 0 Å². The maximum absolute atomic E-state index is 12.8. The van der Waals surface area contributed by atoms with Crippen LogP contribution in [0, 0.1) is 27.7 Å². The van der Waals surface area contributed by atoms with Gasteiger partial charge in [-0.05, 0) is 58.4 Å². The summed E-state index contributed by atoms with van der Waals surface area (Å²) in [6.45, 7) is 9.03. The fourth-order valence-corrected chi connectivity index (χ4v) is 3.22. The molecule has 6 heteroatoms. The molecule has 150 valence electrons. The summed E-state index contributed by atoms with van der Waals surface area (Å²) in [5.41, 5.74) is 5.22. The van der Waals surface area contributed by atoms with Gasteiger partial charge in [0.25, 0.3) is 5.91 Å². The highest BCUT2D eigenvalue weighted by Gasteiger charge is 2.25. The third-order valence-electron chi connectivity index (χ3n) is 4.79. The first-order chi connectivity index (χ1) is 13.8. The largest absolute Gasteiger partial charge is 0.449 e. The Hall–Kier alpha value is -3.41. The number of carbonyl (C=O) groups is 2. The van der Waals surface area contributed by atoms with Gasteiger partial charge in [0.05, 0.1) is 17.1 Å². The molecule has 6 nitrogen and oxygen atoms in total. The number of esters is 1. The number of amides is 1. The molecule has 0 aliphatic heterocycles. The average molecular weight is 391 g/mol. The number of aryl methyl sites for hydroxylation is 3. The first-order valence-electron chi connectivity index (χ1n) is 9.48. The molecule has 3 rings (SSSR count). The highest BCUT2D eigenvalue weighted by molar-refractivity contribution is 5.98. The van der Waals surface area contributed by atoms with E-state index in [-0.39, 0.29) is 5.91 Å². The zero-order valence-electron chi connectivity index (χ0n) is 17.3. The topological polar surface area (TPSA) is 73.2 Å². The van der Waals surface area contributed by atoms with Crippen molar-refractivity contribution in [2.24, 2.45) is 0 Å². The molecule has 0 aliphatic rings. The molecule has 1 N–H and O–H groups in total. The van der Waals surface area contributed by atoms with E-state index < -0.39 is 12.1 Å². The normalized spacial score (nSPS) is 11.8. The molecule has 1 atom stereocenters. The lowest BCUT2D eigenvalue weighted by molar-refractivity contribution is -0.123. The van der Waals surface area contributed by atoms with E-state index in [2.05, 4.69) is 10.4 Å². The van der Waals surface area contributed by atoms with Crippen LogP contribution in [0.3, 0.4) is 0 Å². The first-order valence-corrected chi connectivity index (χ1v) is 9.48. The number of aromatic nitrogens is 2. The summed E-state index contributed by atoms with van der Waals surface area (Å²) in [7, 11) is 0. The third-order valence-corrected chi connectivity index (χ3v) is 4.79. The number of nitrogens with one attached hydrogen (secondary N) is 1. The lowest BCUT2D eigenvalue weighted by Gasteiger charge is -2.15. The van der Waals surface area contributed by atoms with Crippen LogP contribution in [0.2, 0.25) is 0 Å². The molecule has 2 aromatic carbocycles. The molecule has 3 aromatic rings. The number of hydrogen-bond donors (Lipinski definition) is 1. The highest BCUT2D eigenvalue weighted by atomic mass is 16.5. The van der Waals surface area contributed by atoms with Crippen LogP contribution in [-0.2, 0) is 9.53 Å². The molecule has 0 bridgehead atoms. The number of hydrogen-bond acceptors (Lipinski definition) is 4. The summed E-state index contributed by atoms with van der Waals surface area (Å²) < 4.78 is 7.14. The number of ether oxygens (including phenoxy) is 1. The molecule has 1 amide bonds. The second-order valence-corrected chi connectivity index (χ2v) is 7.15. The second kappa shape index (κ2) is 8.31. The number of rotatable bonds is 5. The van der Waals surface area contributed by atoms with E-state index in [1.165, 1.54) is 0 Å². The minimum atomic E-state index is -0.943. The van der Waals surface area contributed by atoms with Crippen LogP contribution in [0.1, 0.15) is 39.8 Å². The van der Waals surface area contributed by atoms with E-state index in [4.69, 9.17) is 4.74 Å². The summed E-state index contributed by atoms with van der Waals surface area (Å²) in [6.07, 6.45) is -0.943. The molecular formula is C23H25N3O3. The zero-order chi connectivity index (χ0) is 21.1. The Bertz CT molecular complexity index is 1050. The van der Waals surface area contributed by atoms with E-state index in [0.29, 0.717) is 22.6 Å². The SMILES string of the molecule is Cc1ccc(NC(=O)[C@H](C)OC(=O)c2c(C)nn(-c3ccccc3)c2C)c(C)c1. The molecule has 0 radical (unpaired) electrons. The highest BCUT2D eigenvalue weighted by Crippen LogP contribution is 2.20. The standard InChI is InChI=1S/C23H25N3O3/c1-14-11-12-20(15(2)13-14)24-22(27)18(5)29-23(28)21-16(3)25-26(17(21)4)19-9-7-6-8-10-19/h6-13,18H,1-5H3,(H,24,27)/t18-/m0/s1. The Morgan fingerprint density at radius 3 is 2.38 bits per heavy atom. The predicted octanol–water partition coefficient (Wildman–Crippen LogP) is 4.29. The number of anilines is 1. The molecule has 0 spiro atoms. The van der Waals surface area contributed by atoms with Crippen LogP contribution in [0.5, 0.6) is 0 Å². The van der Waals surface area contributed by atoms with Crippen molar-refractivity contribution in [2.75, 3.05) is 5.32 Å². The maximum Gasteiger partial charge on any atom is 0.342 e. The number of para-hydroxylation sites is 1. The van der Waals surface area contributed by atoms with Gasteiger partial charge in [0, 0.05) is 5.69 Å². The van der Waals surface area contributed by atoms with Crippen molar-refractivity contribution >= 4 is 17.6 Å². The molecule has 1 heterocycles. The smallest absolute Gasteiger partial charge is 0.342 e. The number of carbonyl (C=O) groups excluding carboxylic acids is 2. The van der Waals surface area contributed by atoms with Gasteiger partial charge >= 0.3 is 5.97 Å². The van der Waals surface area contributed by atoms with Crippen LogP contribution in [-0.4, -0.2) is 27.8 Å². The van der Waals surface area contributed by atoms with Crippen molar-refractivity contribution in [2.45, 2.75) is 40.7 Å². The van der Waals surface area contributed by atoms with E-state index in [0.717, 1.165) is 16.8 Å². The van der Waals surface area contributed by atoms with Gasteiger partial charge in [0.2, 0.25) is 0 Å². The molecule has 0 unspecified atom stereocenters. The van der Waals surface area contributed by atoms with Gasteiger partial charge < -0.3 is 10.1 Å². The molecular weight excluding hydrogens is 366 g/mol. The van der Waals surface area contributed by atoms with Crippen LogP contribution in [0.25, 0.3) is 5.69 Å². The van der Waals surface area contributed by atoms with Crippen LogP contribution >= 0.6 is 0 Å². The van der Waals surface area contributed by atoms with Gasteiger partial charge in [-0.25, -0.2) is 9.48 Å².